The number of benzene rings is 1. The van der Waals surface area contributed by atoms with Gasteiger partial charge in [-0.3, -0.25) is 4.79 Å². The zero-order valence-corrected chi connectivity index (χ0v) is 21.0. The van der Waals surface area contributed by atoms with E-state index >= 15 is 0 Å². The summed E-state index contributed by atoms with van der Waals surface area (Å²) in [5, 5.41) is 10.8. The molecule has 1 aliphatic heterocycles. The van der Waals surface area contributed by atoms with E-state index in [-0.39, 0.29) is 23.3 Å². The van der Waals surface area contributed by atoms with Crippen molar-refractivity contribution in [2.75, 3.05) is 19.4 Å². The number of likely N-dealkylation sites (N-methyl/N-ethyl adjacent to an activating group) is 1. The molecule has 1 amide bonds. The Kier molecular flexibility index (Phi) is 8.45. The largest absolute Gasteiger partial charge is 0.463 e. The topological polar surface area (TPSA) is 123 Å². The number of aliphatic hydroxyl groups excluding tert-OH is 1. The number of alkyl halides is 3. The second-order valence-corrected chi connectivity index (χ2v) is 9.47. The number of carbonyl (C=O) groups is 1. The number of ether oxygens (including phenoxy) is 1. The number of carbonyl (C=O) groups excluding carboxylic acids is 1. The molecule has 0 radical (unpaired) electrons. The van der Waals surface area contributed by atoms with Gasteiger partial charge < -0.3 is 20.9 Å². The van der Waals surface area contributed by atoms with Gasteiger partial charge in [0.1, 0.15) is 12.2 Å². The summed E-state index contributed by atoms with van der Waals surface area (Å²) in [6, 6.07) is 5.77. The molecule has 2 aliphatic rings. The van der Waals surface area contributed by atoms with E-state index in [1.54, 1.807) is 13.8 Å². The highest BCUT2D eigenvalue weighted by Crippen LogP contribution is 2.43. The van der Waals surface area contributed by atoms with Crippen LogP contribution in [0.4, 0.5) is 24.7 Å². The Balaban J connectivity index is 0.000000538. The standard InChI is InChI=1S/C21H22ClF3N4O.C3H7NO2/c1-20(2)16(12-8-9-13(14(22)10-12)11-6-4-3-5-7-11)27-15-17(26)28-19(21(23,24)25)29-18(15)30-20;1-4-3(6)2-5/h8-11H,3-7H2,1-2H3,(H2,26,28,29);5H,2H2,1H3,(H,4,6). The highest BCUT2D eigenvalue weighted by Gasteiger charge is 2.40. The molecule has 0 saturated heterocycles. The van der Waals surface area contributed by atoms with Gasteiger partial charge in [-0.1, -0.05) is 43.0 Å². The lowest BCUT2D eigenvalue weighted by Crippen LogP contribution is -2.41. The molecule has 36 heavy (non-hydrogen) atoms. The highest BCUT2D eigenvalue weighted by atomic mass is 35.5. The maximum Gasteiger partial charge on any atom is 0.451 e. The normalized spacial score (nSPS) is 17.2. The molecular formula is C24H29ClF3N5O3. The van der Waals surface area contributed by atoms with E-state index in [0.29, 0.717) is 16.7 Å². The predicted octanol–water partition coefficient (Wildman–Crippen LogP) is 4.80. The summed E-state index contributed by atoms with van der Waals surface area (Å²) in [6.07, 6.45) is 1.17. The number of nitrogens with one attached hydrogen (secondary N) is 1. The molecule has 1 aromatic carbocycles. The van der Waals surface area contributed by atoms with E-state index in [0.717, 1.165) is 24.0 Å². The summed E-state index contributed by atoms with van der Waals surface area (Å²) < 4.78 is 44.8. The third-order valence-corrected chi connectivity index (χ3v) is 6.35. The van der Waals surface area contributed by atoms with Gasteiger partial charge in [-0.25, -0.2) is 9.98 Å². The number of halogens is 4. The summed E-state index contributed by atoms with van der Waals surface area (Å²) in [4.78, 5) is 21.2. The Morgan fingerprint density at radius 3 is 2.44 bits per heavy atom. The number of hydrogen-bond donors (Lipinski definition) is 3. The average Bonchev–Trinajstić information content (AvgIpc) is 2.82. The van der Waals surface area contributed by atoms with Gasteiger partial charge in [0.25, 0.3) is 0 Å². The molecule has 0 spiro atoms. The van der Waals surface area contributed by atoms with Crippen molar-refractivity contribution in [3.8, 4) is 5.88 Å². The lowest BCUT2D eigenvalue weighted by Gasteiger charge is -2.32. The number of nitrogens with zero attached hydrogens (tertiary/aromatic N) is 3. The molecule has 1 aromatic heterocycles. The molecule has 0 unspecified atom stereocenters. The van der Waals surface area contributed by atoms with Crippen LogP contribution in [-0.4, -0.2) is 45.9 Å². The number of hydrogen-bond acceptors (Lipinski definition) is 7. The van der Waals surface area contributed by atoms with Crippen molar-refractivity contribution in [2.24, 2.45) is 4.99 Å². The molecular weight excluding hydrogens is 499 g/mol. The second-order valence-electron chi connectivity index (χ2n) is 9.06. The van der Waals surface area contributed by atoms with E-state index in [1.807, 2.05) is 18.2 Å². The quantitative estimate of drug-likeness (QED) is 0.527. The Morgan fingerprint density at radius 1 is 1.25 bits per heavy atom. The van der Waals surface area contributed by atoms with Gasteiger partial charge in [0.15, 0.2) is 11.5 Å². The van der Waals surface area contributed by atoms with Gasteiger partial charge in [0.2, 0.25) is 17.6 Å². The fourth-order valence-corrected chi connectivity index (χ4v) is 4.54. The fourth-order valence-electron chi connectivity index (χ4n) is 4.20. The number of anilines is 1. The predicted molar refractivity (Wildman–Crippen MR) is 131 cm³/mol. The van der Waals surface area contributed by atoms with Gasteiger partial charge in [-0.15, -0.1) is 0 Å². The van der Waals surface area contributed by atoms with Crippen LogP contribution >= 0.6 is 11.6 Å². The summed E-state index contributed by atoms with van der Waals surface area (Å²) in [5.41, 5.74) is 7.05. The molecule has 4 N–H and O–H groups in total. The number of aliphatic hydroxyl groups is 1. The molecule has 8 nitrogen and oxygen atoms in total. The summed E-state index contributed by atoms with van der Waals surface area (Å²) in [5.74, 6) is -1.93. The third-order valence-electron chi connectivity index (χ3n) is 6.02. The summed E-state index contributed by atoms with van der Waals surface area (Å²) in [7, 11) is 1.47. The summed E-state index contributed by atoms with van der Waals surface area (Å²) in [6.45, 7) is 3.00. The molecule has 1 fully saturated rings. The van der Waals surface area contributed by atoms with E-state index in [2.05, 4.69) is 20.3 Å². The van der Waals surface area contributed by atoms with Crippen LogP contribution in [0.5, 0.6) is 5.88 Å². The van der Waals surface area contributed by atoms with E-state index < -0.39 is 24.2 Å². The van der Waals surface area contributed by atoms with Crippen LogP contribution in [0.2, 0.25) is 5.02 Å². The van der Waals surface area contributed by atoms with Crippen molar-refractivity contribution in [3.63, 3.8) is 0 Å². The van der Waals surface area contributed by atoms with Crippen molar-refractivity contribution in [2.45, 2.75) is 63.6 Å². The molecule has 0 bridgehead atoms. The number of aromatic nitrogens is 2. The van der Waals surface area contributed by atoms with Crippen molar-refractivity contribution < 1.29 is 27.8 Å². The first-order valence-electron chi connectivity index (χ1n) is 11.5. The van der Waals surface area contributed by atoms with Gasteiger partial charge in [-0.05, 0) is 44.2 Å². The lowest BCUT2D eigenvalue weighted by molar-refractivity contribution is -0.145. The molecule has 2 heterocycles. The maximum absolute atomic E-state index is 13.0. The van der Waals surface area contributed by atoms with Crippen molar-refractivity contribution in [1.29, 1.82) is 0 Å². The lowest BCUT2D eigenvalue weighted by atomic mass is 9.83. The Labute approximate surface area is 212 Å². The maximum atomic E-state index is 13.0. The second kappa shape index (κ2) is 11.0. The fraction of sp³-hybridized carbons (Fsp3) is 0.500. The molecule has 0 atom stereocenters. The van der Waals surface area contributed by atoms with Crippen LogP contribution in [0.25, 0.3) is 0 Å². The zero-order valence-electron chi connectivity index (χ0n) is 20.2. The number of fused-ring (bicyclic) bond motifs is 1. The minimum Gasteiger partial charge on any atom is -0.463 e. The number of nitrogen functional groups attached to an aromatic ring is 1. The van der Waals surface area contributed by atoms with Crippen LogP contribution in [0.15, 0.2) is 23.2 Å². The van der Waals surface area contributed by atoms with E-state index in [4.69, 9.17) is 27.2 Å². The average molecular weight is 528 g/mol. The Bertz CT molecular complexity index is 1140. The first kappa shape index (κ1) is 27.7. The third kappa shape index (κ3) is 6.25. The molecule has 2 aromatic rings. The number of aliphatic imine (C=N–C) groups is 1. The molecule has 12 heteroatoms. The van der Waals surface area contributed by atoms with Crippen LogP contribution in [-0.2, 0) is 11.0 Å². The van der Waals surface area contributed by atoms with Gasteiger partial charge >= 0.3 is 6.18 Å². The molecule has 1 aliphatic carbocycles. The van der Waals surface area contributed by atoms with Gasteiger partial charge in [0.05, 0.1) is 5.71 Å². The molecule has 1 saturated carbocycles. The van der Waals surface area contributed by atoms with E-state index in [1.165, 1.54) is 26.3 Å². The van der Waals surface area contributed by atoms with Crippen molar-refractivity contribution >= 4 is 34.7 Å². The van der Waals surface area contributed by atoms with Gasteiger partial charge in [0, 0.05) is 17.6 Å². The monoisotopic (exact) mass is 527 g/mol. The Morgan fingerprint density at radius 2 is 1.92 bits per heavy atom. The van der Waals surface area contributed by atoms with Crippen LogP contribution in [0, 0.1) is 0 Å². The first-order chi connectivity index (χ1) is 16.9. The van der Waals surface area contributed by atoms with Crippen LogP contribution in [0.3, 0.4) is 0 Å². The SMILES string of the molecule is CC1(C)Oc2nc(C(F)(F)F)nc(N)c2N=C1c1ccc(C2CCCCC2)c(Cl)c1.CNC(=O)CO. The summed E-state index contributed by atoms with van der Waals surface area (Å²) >= 11 is 6.61. The van der Waals surface area contributed by atoms with Crippen LogP contribution < -0.4 is 15.8 Å². The highest BCUT2D eigenvalue weighted by molar-refractivity contribution is 6.32. The Hall–Kier alpha value is -2.92. The minimum absolute atomic E-state index is 0.00944. The van der Waals surface area contributed by atoms with Crippen molar-refractivity contribution in [1.82, 2.24) is 15.3 Å². The van der Waals surface area contributed by atoms with Crippen LogP contribution in [0.1, 0.15) is 68.8 Å². The number of nitrogens with two attached hydrogens (primary N) is 1. The minimum atomic E-state index is -4.73. The number of amides is 1. The smallest absolute Gasteiger partial charge is 0.451 e. The van der Waals surface area contributed by atoms with Crippen molar-refractivity contribution in [3.05, 3.63) is 40.2 Å². The van der Waals surface area contributed by atoms with E-state index in [9.17, 15) is 18.0 Å². The molecule has 196 valence electrons. The zero-order chi connectivity index (χ0) is 26.7. The van der Waals surface area contributed by atoms with Gasteiger partial charge in [-0.2, -0.15) is 18.2 Å². The number of rotatable bonds is 3. The first-order valence-corrected chi connectivity index (χ1v) is 11.9. The molecule has 4 rings (SSSR count).